The molecule has 0 unspecified atom stereocenters. The van der Waals surface area contributed by atoms with E-state index >= 15 is 0 Å². The normalized spacial score (nSPS) is 13.7. The zero-order valence-electron chi connectivity index (χ0n) is 22.0. The third-order valence-corrected chi connectivity index (χ3v) is 8.70. The maximum Gasteiger partial charge on any atom is 0.341 e. The summed E-state index contributed by atoms with van der Waals surface area (Å²) in [6.07, 6.45) is 3.12. The third kappa shape index (κ3) is 5.16. The van der Waals surface area contributed by atoms with Crippen molar-refractivity contribution < 1.29 is 17.2 Å². The molecule has 1 aliphatic carbocycles. The molecule has 0 spiro atoms. The molecular formula is C29H28FIN2O5S. The van der Waals surface area contributed by atoms with Gasteiger partial charge in [-0.05, 0) is 90.6 Å². The number of aromatic nitrogens is 1. The highest BCUT2D eigenvalue weighted by molar-refractivity contribution is 14.1. The number of fused-ring (bicyclic) bond motifs is 1. The predicted octanol–water partition coefficient (Wildman–Crippen LogP) is 6.17. The lowest BCUT2D eigenvalue weighted by Crippen LogP contribution is -2.25. The van der Waals surface area contributed by atoms with Gasteiger partial charge in [-0.3, -0.25) is 4.79 Å². The molecule has 2 aromatic heterocycles. The summed E-state index contributed by atoms with van der Waals surface area (Å²) in [5, 5.41) is 3.23. The molecule has 0 saturated heterocycles. The summed E-state index contributed by atoms with van der Waals surface area (Å²) in [5.74, 6) is -0.654. The highest BCUT2D eigenvalue weighted by Gasteiger charge is 2.32. The molecule has 1 saturated carbocycles. The van der Waals surface area contributed by atoms with Crippen molar-refractivity contribution in [2.24, 2.45) is 0 Å². The highest BCUT2D eigenvalue weighted by Crippen LogP contribution is 2.42. The molecule has 1 N–H and O–H groups in total. The van der Waals surface area contributed by atoms with E-state index in [1.807, 2.05) is 42.5 Å². The molecular weight excluding hydrogens is 634 g/mol. The molecule has 2 heterocycles. The quantitative estimate of drug-likeness (QED) is 0.238. The smallest absolute Gasteiger partial charge is 0.341 e. The molecule has 1 aliphatic rings. The molecule has 10 heteroatoms. The van der Waals surface area contributed by atoms with E-state index in [-0.39, 0.29) is 51.7 Å². The summed E-state index contributed by atoms with van der Waals surface area (Å²) in [4.78, 5) is 27.4. The molecule has 204 valence electrons. The Labute approximate surface area is 239 Å². The van der Waals surface area contributed by atoms with Gasteiger partial charge in [0.25, 0.3) is 5.56 Å². The van der Waals surface area contributed by atoms with Crippen LogP contribution in [0.25, 0.3) is 22.1 Å². The number of hydrogen-bond donors (Lipinski definition) is 1. The average molecular weight is 663 g/mol. The molecule has 1 fully saturated rings. The van der Waals surface area contributed by atoms with Crippen LogP contribution in [0.1, 0.15) is 48.2 Å². The summed E-state index contributed by atoms with van der Waals surface area (Å²) < 4.78 is 47.5. The van der Waals surface area contributed by atoms with Crippen LogP contribution in [-0.4, -0.2) is 19.2 Å². The van der Waals surface area contributed by atoms with Crippen LogP contribution in [0.5, 0.6) is 0 Å². The van der Waals surface area contributed by atoms with E-state index in [0.29, 0.717) is 31.5 Å². The SMILES string of the molecule is CCc1c(Nc2ccc(I)cc2F)c2c(=O)n(C3CC3)c(C)c(-c3cccc(CS(C)(=O)=O)c3C)c2oc1=O. The van der Waals surface area contributed by atoms with E-state index in [9.17, 15) is 22.4 Å². The van der Waals surface area contributed by atoms with Crippen molar-refractivity contribution in [3.8, 4) is 11.1 Å². The molecule has 7 nitrogen and oxygen atoms in total. The van der Waals surface area contributed by atoms with Gasteiger partial charge in [0.1, 0.15) is 11.2 Å². The molecule has 0 bridgehead atoms. The van der Waals surface area contributed by atoms with E-state index in [1.165, 1.54) is 12.3 Å². The summed E-state index contributed by atoms with van der Waals surface area (Å²) in [7, 11) is -3.31. The van der Waals surface area contributed by atoms with Crippen LogP contribution in [0.2, 0.25) is 0 Å². The van der Waals surface area contributed by atoms with Crippen molar-refractivity contribution in [3.05, 3.63) is 88.9 Å². The van der Waals surface area contributed by atoms with E-state index in [2.05, 4.69) is 5.32 Å². The number of anilines is 2. The minimum Gasteiger partial charge on any atom is -0.421 e. The number of halogens is 2. The molecule has 0 radical (unpaired) electrons. The molecule has 4 aromatic rings. The lowest BCUT2D eigenvalue weighted by Gasteiger charge is -2.21. The van der Waals surface area contributed by atoms with Gasteiger partial charge in [0.15, 0.2) is 15.4 Å². The maximum absolute atomic E-state index is 14.9. The van der Waals surface area contributed by atoms with Crippen molar-refractivity contribution in [1.82, 2.24) is 4.57 Å². The van der Waals surface area contributed by atoms with Crippen molar-refractivity contribution in [2.75, 3.05) is 11.6 Å². The Morgan fingerprint density at radius 1 is 1.15 bits per heavy atom. The number of rotatable bonds is 7. The zero-order valence-corrected chi connectivity index (χ0v) is 25.0. The van der Waals surface area contributed by atoms with E-state index in [0.717, 1.165) is 12.8 Å². The van der Waals surface area contributed by atoms with Gasteiger partial charge in [-0.1, -0.05) is 25.1 Å². The van der Waals surface area contributed by atoms with Gasteiger partial charge in [0.05, 0.1) is 22.7 Å². The predicted molar refractivity (Wildman–Crippen MR) is 160 cm³/mol. The van der Waals surface area contributed by atoms with Gasteiger partial charge in [0, 0.05) is 27.1 Å². The van der Waals surface area contributed by atoms with Gasteiger partial charge in [0.2, 0.25) is 0 Å². The van der Waals surface area contributed by atoms with Crippen LogP contribution in [0.15, 0.2) is 50.4 Å². The van der Waals surface area contributed by atoms with Crippen molar-refractivity contribution in [1.29, 1.82) is 0 Å². The number of benzene rings is 2. The molecule has 0 amide bonds. The minimum atomic E-state index is -3.31. The first-order valence-electron chi connectivity index (χ1n) is 12.6. The number of hydrogen-bond acceptors (Lipinski definition) is 6. The second kappa shape index (κ2) is 10.2. The zero-order chi connectivity index (χ0) is 28.2. The molecule has 5 rings (SSSR count). The van der Waals surface area contributed by atoms with Crippen LogP contribution < -0.4 is 16.5 Å². The van der Waals surface area contributed by atoms with Crippen LogP contribution in [0, 0.1) is 23.2 Å². The summed E-state index contributed by atoms with van der Waals surface area (Å²) in [6, 6.07) is 10.0. The van der Waals surface area contributed by atoms with Gasteiger partial charge < -0.3 is 14.3 Å². The molecule has 0 aliphatic heterocycles. The number of nitrogens with zero attached hydrogens (tertiary/aromatic N) is 1. The summed E-state index contributed by atoms with van der Waals surface area (Å²) >= 11 is 2.01. The number of pyridine rings is 1. The fourth-order valence-corrected chi connectivity index (χ4v) is 6.51. The van der Waals surface area contributed by atoms with Crippen LogP contribution in [0.3, 0.4) is 0 Å². The average Bonchev–Trinajstić information content (AvgIpc) is 3.67. The molecule has 0 atom stereocenters. The number of sulfone groups is 1. The van der Waals surface area contributed by atoms with Gasteiger partial charge in [-0.25, -0.2) is 17.6 Å². The molecule has 2 aromatic carbocycles. The van der Waals surface area contributed by atoms with Crippen LogP contribution >= 0.6 is 22.6 Å². The lowest BCUT2D eigenvalue weighted by atomic mass is 9.93. The first-order chi connectivity index (χ1) is 18.4. The Bertz CT molecular complexity index is 1870. The lowest BCUT2D eigenvalue weighted by molar-refractivity contribution is 0.549. The van der Waals surface area contributed by atoms with Crippen molar-refractivity contribution in [3.63, 3.8) is 0 Å². The van der Waals surface area contributed by atoms with Crippen molar-refractivity contribution >= 4 is 54.8 Å². The minimum absolute atomic E-state index is 0.0000489. The third-order valence-electron chi connectivity index (χ3n) is 7.19. The van der Waals surface area contributed by atoms with Gasteiger partial charge in [-0.2, -0.15) is 0 Å². The Morgan fingerprint density at radius 3 is 2.49 bits per heavy atom. The summed E-state index contributed by atoms with van der Waals surface area (Å²) in [6.45, 7) is 5.42. The van der Waals surface area contributed by atoms with E-state index in [1.54, 1.807) is 35.8 Å². The maximum atomic E-state index is 14.9. The fourth-order valence-electron chi connectivity index (χ4n) is 5.18. The second-order valence-electron chi connectivity index (χ2n) is 10.1. The fraction of sp³-hybridized carbons (Fsp3) is 0.310. The topological polar surface area (TPSA) is 98.4 Å². The van der Waals surface area contributed by atoms with Crippen LogP contribution in [0.4, 0.5) is 15.8 Å². The second-order valence-corrected chi connectivity index (χ2v) is 13.5. The Kier molecular flexibility index (Phi) is 7.21. The van der Waals surface area contributed by atoms with Crippen LogP contribution in [-0.2, 0) is 22.0 Å². The number of nitrogens with one attached hydrogen (secondary N) is 1. The highest BCUT2D eigenvalue weighted by atomic mass is 127. The standard InChI is InChI=1S/C29H28FIN2O5S/c1-5-20-26(32-23-12-9-18(31)13-22(23)30)25-27(38-29(20)35)24(16(3)33(28(25)34)19-10-11-19)21-8-6-7-17(15(21)2)14-39(4,36)37/h6-9,12-13,19,32H,5,10-11,14H2,1-4H3. The molecule has 39 heavy (non-hydrogen) atoms. The summed E-state index contributed by atoms with van der Waals surface area (Å²) in [5.41, 5.74) is 2.99. The van der Waals surface area contributed by atoms with Gasteiger partial charge in [-0.15, -0.1) is 0 Å². The van der Waals surface area contributed by atoms with E-state index < -0.39 is 21.3 Å². The first kappa shape index (κ1) is 27.6. The Hall–Kier alpha value is -2.99. The van der Waals surface area contributed by atoms with E-state index in [4.69, 9.17) is 4.42 Å². The largest absolute Gasteiger partial charge is 0.421 e. The van der Waals surface area contributed by atoms with Gasteiger partial charge >= 0.3 is 5.63 Å². The van der Waals surface area contributed by atoms with Crippen molar-refractivity contribution in [2.45, 2.75) is 51.8 Å². The Balaban J connectivity index is 1.90. The Morgan fingerprint density at radius 2 is 1.87 bits per heavy atom. The monoisotopic (exact) mass is 662 g/mol. The first-order valence-corrected chi connectivity index (χ1v) is 15.8.